The molecule has 0 aromatic heterocycles. The number of hydrogen-bond donors (Lipinski definition) is 0. The molecule has 0 spiro atoms. The van der Waals surface area contributed by atoms with Crippen molar-refractivity contribution in [2.75, 3.05) is 38.2 Å². The lowest BCUT2D eigenvalue weighted by Crippen LogP contribution is -2.48. The topological polar surface area (TPSA) is 93.2 Å². The molecule has 0 saturated carbocycles. The molecule has 0 bridgehead atoms. The molecular formula is C25H26F2N2O6S2. The van der Waals surface area contributed by atoms with E-state index < -0.39 is 26.5 Å². The molecule has 0 unspecified atom stereocenters. The average molecular weight is 553 g/mol. The largest absolute Gasteiger partial charge is 0.495 e. The van der Waals surface area contributed by atoms with E-state index in [1.807, 2.05) is 11.8 Å². The average Bonchev–Trinajstić information content (AvgIpc) is 2.88. The van der Waals surface area contributed by atoms with Crippen molar-refractivity contribution in [1.82, 2.24) is 4.31 Å². The number of ether oxygens (including phenoxy) is 2. The maximum Gasteiger partial charge on any atom is 0.387 e. The van der Waals surface area contributed by atoms with Crippen LogP contribution in [0.1, 0.15) is 5.56 Å². The molecule has 8 nitrogen and oxygen atoms in total. The lowest BCUT2D eigenvalue weighted by molar-refractivity contribution is -0.0499. The van der Waals surface area contributed by atoms with Crippen LogP contribution in [0.25, 0.3) is 0 Å². The maximum atomic E-state index is 13.3. The Labute approximate surface area is 215 Å². The van der Waals surface area contributed by atoms with Crippen molar-refractivity contribution in [3.63, 3.8) is 0 Å². The van der Waals surface area contributed by atoms with E-state index in [0.29, 0.717) is 24.5 Å². The van der Waals surface area contributed by atoms with Crippen molar-refractivity contribution < 1.29 is 35.1 Å². The highest BCUT2D eigenvalue weighted by molar-refractivity contribution is 7.91. The van der Waals surface area contributed by atoms with E-state index in [1.54, 1.807) is 24.3 Å². The summed E-state index contributed by atoms with van der Waals surface area (Å²) >= 11 is 0. The Morgan fingerprint density at radius 1 is 0.811 bits per heavy atom. The third kappa shape index (κ3) is 5.71. The minimum Gasteiger partial charge on any atom is -0.495 e. The number of piperazine rings is 1. The van der Waals surface area contributed by atoms with Crippen LogP contribution in [0, 0.1) is 6.92 Å². The molecule has 37 heavy (non-hydrogen) atoms. The molecule has 198 valence electrons. The van der Waals surface area contributed by atoms with Gasteiger partial charge in [-0.3, -0.25) is 0 Å². The van der Waals surface area contributed by atoms with Gasteiger partial charge in [0.15, 0.2) is 0 Å². The van der Waals surface area contributed by atoms with Crippen molar-refractivity contribution in [3.05, 3.63) is 72.3 Å². The van der Waals surface area contributed by atoms with Gasteiger partial charge in [-0.15, -0.1) is 0 Å². The van der Waals surface area contributed by atoms with Crippen LogP contribution in [-0.4, -0.2) is 61.0 Å². The number of sulfonamides is 1. The molecule has 12 heteroatoms. The fourth-order valence-electron chi connectivity index (χ4n) is 4.07. The van der Waals surface area contributed by atoms with Crippen LogP contribution in [0.2, 0.25) is 0 Å². The highest BCUT2D eigenvalue weighted by atomic mass is 32.2. The van der Waals surface area contributed by atoms with Gasteiger partial charge in [0.2, 0.25) is 19.9 Å². The molecule has 1 aliphatic rings. The molecule has 1 heterocycles. The van der Waals surface area contributed by atoms with E-state index in [-0.39, 0.29) is 33.5 Å². The van der Waals surface area contributed by atoms with Crippen LogP contribution in [0.5, 0.6) is 11.5 Å². The van der Waals surface area contributed by atoms with Crippen LogP contribution < -0.4 is 14.4 Å². The Bertz CT molecular complexity index is 1470. The molecule has 1 aliphatic heterocycles. The highest BCUT2D eigenvalue weighted by Gasteiger charge is 2.30. The standard InChI is InChI=1S/C25H26F2N2O6S2/c1-18-6-8-20(9-7-18)37(32,33)29-14-12-28(13-15-29)23-17-22(10-11-24(23)34-2)36(30,31)21-5-3-4-19(16-21)35-25(26)27/h3-11,16-17,25H,12-15H2,1-2H3. The van der Waals surface area contributed by atoms with Crippen molar-refractivity contribution >= 4 is 25.5 Å². The predicted molar refractivity (Wildman–Crippen MR) is 134 cm³/mol. The molecule has 3 aromatic carbocycles. The first kappa shape index (κ1) is 26.8. The Hall–Kier alpha value is -3.22. The Morgan fingerprint density at radius 2 is 1.43 bits per heavy atom. The quantitative estimate of drug-likeness (QED) is 0.418. The number of benzene rings is 3. The van der Waals surface area contributed by atoms with Crippen LogP contribution in [0.3, 0.4) is 0 Å². The highest BCUT2D eigenvalue weighted by Crippen LogP contribution is 2.35. The number of anilines is 1. The molecular weight excluding hydrogens is 526 g/mol. The van der Waals surface area contributed by atoms with Gasteiger partial charge in [0.05, 0.1) is 27.5 Å². The number of nitrogens with zero attached hydrogens (tertiary/aromatic N) is 2. The van der Waals surface area contributed by atoms with E-state index >= 15 is 0 Å². The van der Waals surface area contributed by atoms with E-state index in [1.165, 1.54) is 47.8 Å². The van der Waals surface area contributed by atoms with Gasteiger partial charge in [-0.25, -0.2) is 16.8 Å². The van der Waals surface area contributed by atoms with Crippen molar-refractivity contribution in [2.45, 2.75) is 28.2 Å². The number of halogens is 2. The molecule has 0 N–H and O–H groups in total. The molecule has 3 aromatic rings. The Morgan fingerprint density at radius 3 is 2.05 bits per heavy atom. The SMILES string of the molecule is COc1ccc(S(=O)(=O)c2cccc(OC(F)F)c2)cc1N1CCN(S(=O)(=O)c2ccc(C)cc2)CC1. The summed E-state index contributed by atoms with van der Waals surface area (Å²) in [7, 11) is -6.28. The van der Waals surface area contributed by atoms with Gasteiger partial charge in [0, 0.05) is 26.2 Å². The van der Waals surface area contributed by atoms with Crippen molar-refractivity contribution in [1.29, 1.82) is 0 Å². The Kier molecular flexibility index (Phi) is 7.72. The molecule has 0 radical (unpaired) electrons. The molecule has 4 rings (SSSR count). The number of aryl methyl sites for hydroxylation is 1. The first-order chi connectivity index (χ1) is 17.5. The zero-order chi connectivity index (χ0) is 26.8. The lowest BCUT2D eigenvalue weighted by atomic mass is 10.2. The summed E-state index contributed by atoms with van der Waals surface area (Å²) in [5.41, 5.74) is 1.44. The first-order valence-corrected chi connectivity index (χ1v) is 14.2. The second-order valence-corrected chi connectivity index (χ2v) is 12.3. The minimum atomic E-state index is -4.07. The van der Waals surface area contributed by atoms with Gasteiger partial charge in [-0.05, 0) is 55.5 Å². The van der Waals surface area contributed by atoms with E-state index in [9.17, 15) is 25.6 Å². The molecule has 1 saturated heterocycles. The van der Waals surface area contributed by atoms with Crippen LogP contribution >= 0.6 is 0 Å². The van der Waals surface area contributed by atoms with Gasteiger partial charge in [-0.2, -0.15) is 13.1 Å². The monoisotopic (exact) mass is 552 g/mol. The van der Waals surface area contributed by atoms with E-state index in [4.69, 9.17) is 4.74 Å². The second kappa shape index (κ2) is 10.6. The molecule has 0 atom stereocenters. The summed E-state index contributed by atoms with van der Waals surface area (Å²) in [6.45, 7) is -0.193. The predicted octanol–water partition coefficient (Wildman–Crippen LogP) is 3.95. The summed E-state index contributed by atoms with van der Waals surface area (Å²) in [6, 6.07) is 15.9. The molecule has 0 aliphatic carbocycles. The van der Waals surface area contributed by atoms with Gasteiger partial charge in [-0.1, -0.05) is 23.8 Å². The van der Waals surface area contributed by atoms with Crippen LogP contribution in [0.4, 0.5) is 14.5 Å². The Balaban J connectivity index is 1.58. The number of rotatable bonds is 8. The second-order valence-electron chi connectivity index (χ2n) is 8.39. The summed E-state index contributed by atoms with van der Waals surface area (Å²) in [5.74, 6) is 0.152. The van der Waals surface area contributed by atoms with E-state index in [2.05, 4.69) is 4.74 Å². The van der Waals surface area contributed by atoms with Gasteiger partial charge >= 0.3 is 6.61 Å². The van der Waals surface area contributed by atoms with Gasteiger partial charge < -0.3 is 14.4 Å². The molecule has 0 amide bonds. The van der Waals surface area contributed by atoms with E-state index in [0.717, 1.165) is 11.6 Å². The smallest absolute Gasteiger partial charge is 0.387 e. The number of hydrogen-bond acceptors (Lipinski definition) is 7. The summed E-state index contributed by atoms with van der Waals surface area (Å²) in [6.07, 6.45) is 0. The summed E-state index contributed by atoms with van der Waals surface area (Å²) < 4.78 is 89.0. The number of alkyl halides is 2. The van der Waals surface area contributed by atoms with Crippen molar-refractivity contribution in [2.24, 2.45) is 0 Å². The fraction of sp³-hybridized carbons (Fsp3) is 0.280. The van der Waals surface area contributed by atoms with Crippen LogP contribution in [-0.2, 0) is 19.9 Å². The number of sulfone groups is 1. The maximum absolute atomic E-state index is 13.3. The third-order valence-electron chi connectivity index (χ3n) is 6.04. The minimum absolute atomic E-state index is 0.0628. The van der Waals surface area contributed by atoms with Gasteiger partial charge in [0.1, 0.15) is 11.5 Å². The normalized spacial score (nSPS) is 15.1. The molecule has 1 fully saturated rings. The summed E-state index contributed by atoms with van der Waals surface area (Å²) in [5, 5.41) is 0. The zero-order valence-electron chi connectivity index (χ0n) is 20.2. The van der Waals surface area contributed by atoms with Gasteiger partial charge in [0.25, 0.3) is 0 Å². The number of methoxy groups -OCH3 is 1. The van der Waals surface area contributed by atoms with Crippen molar-refractivity contribution in [3.8, 4) is 11.5 Å². The third-order valence-corrected chi connectivity index (χ3v) is 9.70. The first-order valence-electron chi connectivity index (χ1n) is 11.3. The fourth-order valence-corrected chi connectivity index (χ4v) is 6.80. The lowest BCUT2D eigenvalue weighted by Gasteiger charge is -2.36. The zero-order valence-corrected chi connectivity index (χ0v) is 21.8. The summed E-state index contributed by atoms with van der Waals surface area (Å²) in [4.78, 5) is 1.81. The van der Waals surface area contributed by atoms with Crippen LogP contribution in [0.15, 0.2) is 81.4 Å².